The fourth-order valence-corrected chi connectivity index (χ4v) is 3.68. The molecule has 4 rings (SSSR count). The lowest BCUT2D eigenvalue weighted by molar-refractivity contribution is 0.0638. The van der Waals surface area contributed by atoms with Crippen LogP contribution in [0.25, 0.3) is 10.2 Å². The highest BCUT2D eigenvalue weighted by molar-refractivity contribution is 7.16. The number of carbonyl (C=O) groups is 2. The lowest BCUT2D eigenvalue weighted by Crippen LogP contribution is -2.30. The zero-order valence-electron chi connectivity index (χ0n) is 12.1. The van der Waals surface area contributed by atoms with Crippen LogP contribution in [0.2, 0.25) is 0 Å². The van der Waals surface area contributed by atoms with E-state index >= 15 is 0 Å². The number of hydrogen-bond donors (Lipinski definition) is 1. The number of imide groups is 1. The lowest BCUT2D eigenvalue weighted by Gasteiger charge is -2.12. The first-order chi connectivity index (χ1) is 11.1. The number of amides is 2. The summed E-state index contributed by atoms with van der Waals surface area (Å²) in [6.07, 6.45) is 0. The number of rotatable bonds is 2. The second-order valence-corrected chi connectivity index (χ2v) is 6.21. The SMILES string of the molecule is Cc1csc2nc(CN3C(=O)c4ccccc4C3=O)[nH]c(=O)c12. The summed E-state index contributed by atoms with van der Waals surface area (Å²) >= 11 is 1.37. The van der Waals surface area contributed by atoms with Crippen LogP contribution >= 0.6 is 11.3 Å². The third-order valence-electron chi connectivity index (χ3n) is 3.86. The third-order valence-corrected chi connectivity index (χ3v) is 4.85. The molecule has 7 heteroatoms. The molecule has 1 N–H and O–H groups in total. The fourth-order valence-electron chi connectivity index (χ4n) is 2.74. The second-order valence-electron chi connectivity index (χ2n) is 5.35. The van der Waals surface area contributed by atoms with Gasteiger partial charge in [-0.25, -0.2) is 4.98 Å². The summed E-state index contributed by atoms with van der Waals surface area (Å²) < 4.78 is 0. The van der Waals surface area contributed by atoms with Gasteiger partial charge in [0.2, 0.25) is 0 Å². The monoisotopic (exact) mass is 325 g/mol. The lowest BCUT2D eigenvalue weighted by atomic mass is 10.1. The molecule has 0 bridgehead atoms. The van der Waals surface area contributed by atoms with Crippen LogP contribution in [0.5, 0.6) is 0 Å². The Kier molecular flexibility index (Phi) is 2.92. The molecule has 0 spiro atoms. The van der Waals surface area contributed by atoms with Crippen LogP contribution in [0.3, 0.4) is 0 Å². The molecule has 1 aliphatic heterocycles. The zero-order chi connectivity index (χ0) is 16.1. The van der Waals surface area contributed by atoms with Gasteiger partial charge in [-0.3, -0.25) is 19.3 Å². The molecule has 114 valence electrons. The number of nitrogens with one attached hydrogen (secondary N) is 1. The number of fused-ring (bicyclic) bond motifs is 2. The summed E-state index contributed by atoms with van der Waals surface area (Å²) in [5.74, 6) is -0.426. The first-order valence-corrected chi connectivity index (χ1v) is 7.86. The molecule has 0 unspecified atom stereocenters. The highest BCUT2D eigenvalue weighted by Gasteiger charge is 2.35. The van der Waals surface area contributed by atoms with E-state index in [0.29, 0.717) is 27.2 Å². The van der Waals surface area contributed by atoms with Crippen LogP contribution in [0, 0.1) is 6.92 Å². The Bertz CT molecular complexity index is 999. The minimum Gasteiger partial charge on any atom is -0.308 e. The van der Waals surface area contributed by atoms with E-state index in [2.05, 4.69) is 9.97 Å². The number of benzene rings is 1. The van der Waals surface area contributed by atoms with E-state index in [4.69, 9.17) is 0 Å². The smallest absolute Gasteiger partial charge is 0.261 e. The summed E-state index contributed by atoms with van der Waals surface area (Å²) in [5, 5.41) is 2.42. The average molecular weight is 325 g/mol. The van der Waals surface area contributed by atoms with E-state index in [1.54, 1.807) is 24.3 Å². The van der Waals surface area contributed by atoms with Crippen molar-refractivity contribution in [3.8, 4) is 0 Å². The summed E-state index contributed by atoms with van der Waals surface area (Å²) in [6.45, 7) is 1.80. The number of aromatic nitrogens is 2. The van der Waals surface area contributed by atoms with Crippen LogP contribution in [0.15, 0.2) is 34.4 Å². The van der Waals surface area contributed by atoms with Crippen molar-refractivity contribution in [2.75, 3.05) is 0 Å². The number of carbonyl (C=O) groups excluding carboxylic acids is 2. The van der Waals surface area contributed by atoms with Gasteiger partial charge in [-0.05, 0) is 30.0 Å². The average Bonchev–Trinajstić information content (AvgIpc) is 3.02. The van der Waals surface area contributed by atoms with E-state index in [0.717, 1.165) is 10.5 Å². The molecule has 3 heterocycles. The summed E-state index contributed by atoms with van der Waals surface area (Å²) in [7, 11) is 0. The van der Waals surface area contributed by atoms with Crippen molar-refractivity contribution in [1.29, 1.82) is 0 Å². The van der Waals surface area contributed by atoms with Crippen molar-refractivity contribution in [2.45, 2.75) is 13.5 Å². The maximum atomic E-state index is 12.4. The molecule has 1 aromatic carbocycles. The minimum absolute atomic E-state index is 0.0471. The van der Waals surface area contributed by atoms with Gasteiger partial charge in [0.15, 0.2) is 0 Å². The molecule has 0 saturated heterocycles. The molecule has 0 saturated carbocycles. The minimum atomic E-state index is -0.365. The molecule has 0 fully saturated rings. The van der Waals surface area contributed by atoms with Crippen LogP contribution in [-0.4, -0.2) is 26.7 Å². The number of hydrogen-bond acceptors (Lipinski definition) is 5. The van der Waals surface area contributed by atoms with Gasteiger partial charge in [0.05, 0.1) is 23.1 Å². The van der Waals surface area contributed by atoms with Crippen LogP contribution in [-0.2, 0) is 6.54 Å². The largest absolute Gasteiger partial charge is 0.308 e. The van der Waals surface area contributed by atoms with E-state index < -0.39 is 0 Å². The Balaban J connectivity index is 1.74. The van der Waals surface area contributed by atoms with Crippen LogP contribution in [0.4, 0.5) is 0 Å². The molecule has 1 aliphatic rings. The van der Waals surface area contributed by atoms with Gasteiger partial charge in [0.1, 0.15) is 10.7 Å². The Labute approximate surface area is 134 Å². The van der Waals surface area contributed by atoms with E-state index in [1.165, 1.54) is 11.3 Å². The number of aromatic amines is 1. The van der Waals surface area contributed by atoms with Gasteiger partial charge in [0, 0.05) is 0 Å². The molecule has 0 radical (unpaired) electrons. The Morgan fingerprint density at radius 2 is 1.78 bits per heavy atom. The first-order valence-electron chi connectivity index (χ1n) is 6.98. The van der Waals surface area contributed by atoms with Crippen LogP contribution < -0.4 is 5.56 Å². The number of thiophene rings is 1. The highest BCUT2D eigenvalue weighted by Crippen LogP contribution is 2.24. The van der Waals surface area contributed by atoms with E-state index in [1.807, 2.05) is 12.3 Å². The standard InChI is InChI=1S/C16H11N3O3S/c1-8-7-23-14-12(8)13(20)17-11(18-14)6-19-15(21)9-4-2-3-5-10(9)16(19)22/h2-5,7H,6H2,1H3,(H,17,18,20). The predicted octanol–water partition coefficient (Wildman–Crippen LogP) is 2.09. The van der Waals surface area contributed by atoms with Crippen LogP contribution in [0.1, 0.15) is 32.1 Å². The Morgan fingerprint density at radius 1 is 1.13 bits per heavy atom. The van der Waals surface area contributed by atoms with Crippen molar-refractivity contribution < 1.29 is 9.59 Å². The molecular weight excluding hydrogens is 314 g/mol. The van der Waals surface area contributed by atoms with Crippen molar-refractivity contribution >= 4 is 33.4 Å². The highest BCUT2D eigenvalue weighted by atomic mass is 32.1. The molecular formula is C16H11N3O3S. The summed E-state index contributed by atoms with van der Waals surface area (Å²) in [4.78, 5) is 45.6. The third kappa shape index (κ3) is 2.01. The molecule has 23 heavy (non-hydrogen) atoms. The van der Waals surface area contributed by atoms with Gasteiger partial charge < -0.3 is 4.98 Å². The number of H-pyrrole nitrogens is 1. The van der Waals surface area contributed by atoms with Gasteiger partial charge in [0.25, 0.3) is 17.4 Å². The van der Waals surface area contributed by atoms with Gasteiger partial charge in [-0.15, -0.1) is 11.3 Å². The van der Waals surface area contributed by atoms with Crippen molar-refractivity contribution in [1.82, 2.24) is 14.9 Å². The van der Waals surface area contributed by atoms with Gasteiger partial charge in [-0.1, -0.05) is 12.1 Å². The molecule has 6 nitrogen and oxygen atoms in total. The van der Waals surface area contributed by atoms with Crippen molar-refractivity contribution in [3.63, 3.8) is 0 Å². The summed E-state index contributed by atoms with van der Waals surface area (Å²) in [5.41, 5.74) is 1.38. The van der Waals surface area contributed by atoms with Crippen molar-refractivity contribution in [3.05, 3.63) is 62.5 Å². The molecule has 2 amide bonds. The first kappa shape index (κ1) is 13.8. The predicted molar refractivity (Wildman–Crippen MR) is 85.6 cm³/mol. The molecule has 3 aromatic rings. The zero-order valence-corrected chi connectivity index (χ0v) is 12.9. The normalized spacial score (nSPS) is 13.9. The van der Waals surface area contributed by atoms with Gasteiger partial charge in [-0.2, -0.15) is 0 Å². The van der Waals surface area contributed by atoms with Crippen molar-refractivity contribution in [2.24, 2.45) is 0 Å². The topological polar surface area (TPSA) is 83.1 Å². The maximum absolute atomic E-state index is 12.4. The molecule has 0 aliphatic carbocycles. The molecule has 0 atom stereocenters. The van der Waals surface area contributed by atoms with E-state index in [9.17, 15) is 14.4 Å². The summed E-state index contributed by atoms with van der Waals surface area (Å²) in [6, 6.07) is 6.68. The molecule has 2 aromatic heterocycles. The fraction of sp³-hybridized carbons (Fsp3) is 0.125. The number of aryl methyl sites for hydroxylation is 1. The van der Waals surface area contributed by atoms with E-state index in [-0.39, 0.29) is 23.9 Å². The Morgan fingerprint density at radius 3 is 2.43 bits per heavy atom. The maximum Gasteiger partial charge on any atom is 0.261 e. The van der Waals surface area contributed by atoms with Gasteiger partial charge >= 0.3 is 0 Å². The number of nitrogens with zero attached hydrogens (tertiary/aromatic N) is 2. The quantitative estimate of drug-likeness (QED) is 0.731. The Hall–Kier alpha value is -2.80. The second kappa shape index (κ2) is 4.85.